The third-order valence-electron chi connectivity index (χ3n) is 3.65. The van der Waals surface area contributed by atoms with Crippen LogP contribution in [0.3, 0.4) is 0 Å². The second-order valence-electron chi connectivity index (χ2n) is 5.24. The molecule has 0 aliphatic carbocycles. The van der Waals surface area contributed by atoms with Crippen LogP contribution in [0.4, 0.5) is 0 Å². The molecule has 0 fully saturated rings. The molecule has 0 N–H and O–H groups in total. The summed E-state index contributed by atoms with van der Waals surface area (Å²) in [4.78, 5) is 23.9. The van der Waals surface area contributed by atoms with Crippen molar-refractivity contribution < 1.29 is 9.53 Å². The number of hydrogen-bond donors (Lipinski definition) is 0. The zero-order valence-corrected chi connectivity index (χ0v) is 14.3. The molecule has 0 spiro atoms. The van der Waals surface area contributed by atoms with E-state index in [2.05, 4.69) is 9.97 Å². The molecule has 2 aromatic heterocycles. The van der Waals surface area contributed by atoms with Crippen LogP contribution in [0.15, 0.2) is 54.3 Å². The highest BCUT2D eigenvalue weighted by atomic mass is 32.1. The zero-order valence-electron chi connectivity index (χ0n) is 13.5. The molecule has 0 unspecified atom stereocenters. The lowest BCUT2D eigenvalue weighted by Crippen LogP contribution is -2.27. The topological polar surface area (TPSA) is 55.3 Å². The molecule has 0 saturated heterocycles. The van der Waals surface area contributed by atoms with Crippen molar-refractivity contribution in [2.75, 3.05) is 14.2 Å². The summed E-state index contributed by atoms with van der Waals surface area (Å²) >= 11 is 1.47. The van der Waals surface area contributed by atoms with Crippen LogP contribution in [0.1, 0.15) is 15.9 Å². The molecule has 24 heavy (non-hydrogen) atoms. The molecule has 3 rings (SSSR count). The number of amides is 1. The van der Waals surface area contributed by atoms with Gasteiger partial charge in [0.2, 0.25) is 0 Å². The van der Waals surface area contributed by atoms with E-state index < -0.39 is 0 Å². The lowest BCUT2D eigenvalue weighted by molar-refractivity contribution is 0.0784. The molecule has 0 saturated carbocycles. The molecule has 0 bridgehead atoms. The first-order valence-corrected chi connectivity index (χ1v) is 8.30. The fourth-order valence-electron chi connectivity index (χ4n) is 2.47. The van der Waals surface area contributed by atoms with Gasteiger partial charge >= 0.3 is 0 Å². The minimum Gasteiger partial charge on any atom is -0.496 e. The first-order chi connectivity index (χ1) is 11.7. The van der Waals surface area contributed by atoms with E-state index in [1.165, 1.54) is 11.3 Å². The molecule has 0 aliphatic rings. The van der Waals surface area contributed by atoms with Crippen molar-refractivity contribution in [1.29, 1.82) is 0 Å². The Kier molecular flexibility index (Phi) is 4.86. The van der Waals surface area contributed by atoms with Gasteiger partial charge in [-0.05, 0) is 18.2 Å². The maximum absolute atomic E-state index is 12.9. The predicted molar refractivity (Wildman–Crippen MR) is 94.1 cm³/mol. The summed E-state index contributed by atoms with van der Waals surface area (Å²) in [5.74, 6) is 0.684. The van der Waals surface area contributed by atoms with Crippen LogP contribution >= 0.6 is 11.3 Å². The van der Waals surface area contributed by atoms with Crippen LogP contribution in [0, 0.1) is 0 Å². The lowest BCUT2D eigenvalue weighted by atomic mass is 10.1. The standard InChI is InChI=1S/C18H17N3O2S/c1-21(11-13-6-3-4-8-15(13)23-2)18(22)14-7-5-9-20-17(14)16-10-19-12-24-16/h3-10,12H,11H2,1-2H3. The lowest BCUT2D eigenvalue weighted by Gasteiger charge is -2.19. The molecule has 0 aliphatic heterocycles. The smallest absolute Gasteiger partial charge is 0.256 e. The summed E-state index contributed by atoms with van der Waals surface area (Å²) in [5.41, 5.74) is 3.92. The number of carbonyl (C=O) groups is 1. The monoisotopic (exact) mass is 339 g/mol. The summed E-state index contributed by atoms with van der Waals surface area (Å²) in [6.07, 6.45) is 3.41. The number of pyridine rings is 1. The molecule has 5 nitrogen and oxygen atoms in total. The van der Waals surface area contributed by atoms with E-state index in [9.17, 15) is 4.79 Å². The van der Waals surface area contributed by atoms with Crippen molar-refractivity contribution in [2.24, 2.45) is 0 Å². The maximum atomic E-state index is 12.9. The van der Waals surface area contributed by atoms with Crippen molar-refractivity contribution in [3.8, 4) is 16.3 Å². The minimum absolute atomic E-state index is 0.0857. The largest absolute Gasteiger partial charge is 0.496 e. The highest BCUT2D eigenvalue weighted by Crippen LogP contribution is 2.26. The van der Waals surface area contributed by atoms with Gasteiger partial charge in [-0.15, -0.1) is 11.3 Å². The zero-order chi connectivity index (χ0) is 16.9. The van der Waals surface area contributed by atoms with Gasteiger partial charge in [-0.2, -0.15) is 0 Å². The summed E-state index contributed by atoms with van der Waals surface area (Å²) in [7, 11) is 3.40. The van der Waals surface area contributed by atoms with Crippen molar-refractivity contribution in [3.63, 3.8) is 0 Å². The van der Waals surface area contributed by atoms with Gasteiger partial charge in [0.15, 0.2) is 0 Å². The second kappa shape index (κ2) is 7.23. The molecule has 3 aromatic rings. The van der Waals surface area contributed by atoms with Gasteiger partial charge in [0, 0.05) is 31.5 Å². The van der Waals surface area contributed by atoms with Gasteiger partial charge in [-0.1, -0.05) is 18.2 Å². The van der Waals surface area contributed by atoms with E-state index in [4.69, 9.17) is 4.74 Å². The van der Waals surface area contributed by atoms with Gasteiger partial charge in [0.05, 0.1) is 28.8 Å². The molecule has 2 heterocycles. The number of benzene rings is 1. The van der Waals surface area contributed by atoms with E-state index in [-0.39, 0.29) is 5.91 Å². The van der Waals surface area contributed by atoms with E-state index in [0.717, 1.165) is 16.2 Å². The molecule has 0 radical (unpaired) electrons. The average molecular weight is 339 g/mol. The van der Waals surface area contributed by atoms with Gasteiger partial charge < -0.3 is 9.64 Å². The van der Waals surface area contributed by atoms with Crippen molar-refractivity contribution in [2.45, 2.75) is 6.54 Å². The van der Waals surface area contributed by atoms with Crippen LogP contribution in [0.25, 0.3) is 10.6 Å². The van der Waals surface area contributed by atoms with Crippen LogP contribution in [-0.2, 0) is 6.54 Å². The maximum Gasteiger partial charge on any atom is 0.256 e. The fourth-order valence-corrected chi connectivity index (χ4v) is 3.10. The Morgan fingerprint density at radius 2 is 2.08 bits per heavy atom. The van der Waals surface area contributed by atoms with Gasteiger partial charge in [-0.3, -0.25) is 14.8 Å². The number of carbonyl (C=O) groups excluding carboxylic acids is 1. The number of ether oxygens (including phenoxy) is 1. The number of nitrogens with zero attached hydrogens (tertiary/aromatic N) is 3. The minimum atomic E-state index is -0.0857. The molecule has 0 atom stereocenters. The van der Waals surface area contributed by atoms with Crippen LogP contribution in [-0.4, -0.2) is 34.9 Å². The highest BCUT2D eigenvalue weighted by molar-refractivity contribution is 7.13. The van der Waals surface area contributed by atoms with E-state index in [1.807, 2.05) is 24.3 Å². The Morgan fingerprint density at radius 3 is 2.83 bits per heavy atom. The SMILES string of the molecule is COc1ccccc1CN(C)C(=O)c1cccnc1-c1cncs1. The first-order valence-electron chi connectivity index (χ1n) is 7.42. The van der Waals surface area contributed by atoms with E-state index in [1.54, 1.807) is 49.1 Å². The first kappa shape index (κ1) is 16.1. The average Bonchev–Trinajstić information content (AvgIpc) is 3.16. The molecular weight excluding hydrogens is 322 g/mol. The van der Waals surface area contributed by atoms with Crippen molar-refractivity contribution in [1.82, 2.24) is 14.9 Å². The molecule has 6 heteroatoms. The van der Waals surface area contributed by atoms with Crippen LogP contribution in [0.2, 0.25) is 0 Å². The van der Waals surface area contributed by atoms with Gasteiger partial charge in [-0.25, -0.2) is 0 Å². The third kappa shape index (κ3) is 3.28. The highest BCUT2D eigenvalue weighted by Gasteiger charge is 2.19. The van der Waals surface area contributed by atoms with E-state index >= 15 is 0 Å². The van der Waals surface area contributed by atoms with Crippen molar-refractivity contribution in [3.05, 3.63) is 65.4 Å². The summed E-state index contributed by atoms with van der Waals surface area (Å²) in [6, 6.07) is 11.3. The Balaban J connectivity index is 1.87. The quantitative estimate of drug-likeness (QED) is 0.714. The number of aromatic nitrogens is 2. The number of para-hydroxylation sites is 1. The van der Waals surface area contributed by atoms with Gasteiger partial charge in [0.1, 0.15) is 5.75 Å². The predicted octanol–water partition coefficient (Wildman–Crippen LogP) is 3.49. The molecular formula is C18H17N3O2S. The molecule has 122 valence electrons. The van der Waals surface area contributed by atoms with Crippen molar-refractivity contribution >= 4 is 17.2 Å². The number of methoxy groups -OCH3 is 1. The summed E-state index contributed by atoms with van der Waals surface area (Å²) in [5, 5.41) is 0. The number of rotatable bonds is 5. The normalized spacial score (nSPS) is 10.4. The second-order valence-corrected chi connectivity index (χ2v) is 6.12. The molecule has 1 amide bonds. The fraction of sp³-hybridized carbons (Fsp3) is 0.167. The Hall–Kier alpha value is -2.73. The Labute approximate surface area is 144 Å². The number of thiazole rings is 1. The van der Waals surface area contributed by atoms with Crippen LogP contribution in [0.5, 0.6) is 5.75 Å². The van der Waals surface area contributed by atoms with Gasteiger partial charge in [0.25, 0.3) is 5.91 Å². The van der Waals surface area contributed by atoms with E-state index in [0.29, 0.717) is 17.8 Å². The Bertz CT molecular complexity index is 834. The Morgan fingerprint density at radius 1 is 1.25 bits per heavy atom. The third-order valence-corrected chi connectivity index (χ3v) is 4.43. The molecule has 1 aromatic carbocycles. The van der Waals surface area contributed by atoms with Crippen LogP contribution < -0.4 is 4.74 Å². The number of hydrogen-bond acceptors (Lipinski definition) is 5. The summed E-state index contributed by atoms with van der Waals surface area (Å²) in [6.45, 7) is 0.458. The summed E-state index contributed by atoms with van der Waals surface area (Å²) < 4.78 is 5.36.